The maximum atomic E-state index is 12.6. The van der Waals surface area contributed by atoms with Gasteiger partial charge < -0.3 is 5.32 Å². The van der Waals surface area contributed by atoms with Gasteiger partial charge in [0.25, 0.3) is 5.91 Å². The Kier molecular flexibility index (Phi) is 3.80. The van der Waals surface area contributed by atoms with Crippen molar-refractivity contribution < 1.29 is 4.79 Å². The van der Waals surface area contributed by atoms with Crippen LogP contribution in [0.4, 0.5) is 0 Å². The number of aromatic amines is 1. The molecule has 2 N–H and O–H groups in total. The Bertz CT molecular complexity index is 892. The number of amides is 1. The zero-order valence-corrected chi connectivity index (χ0v) is 13.8. The van der Waals surface area contributed by atoms with Crippen LogP contribution in [-0.2, 0) is 26.4 Å². The lowest BCUT2D eigenvalue weighted by molar-refractivity contribution is 0.0946. The minimum Gasteiger partial charge on any atom is -0.345 e. The Morgan fingerprint density at radius 3 is 3.00 bits per heavy atom. The highest BCUT2D eigenvalue weighted by Gasteiger charge is 2.19. The molecular formula is C18H21N5O. The molecule has 0 fully saturated rings. The lowest BCUT2D eigenvalue weighted by Crippen LogP contribution is -2.24. The molecule has 2 aromatic heterocycles. The second-order valence-electron chi connectivity index (χ2n) is 6.36. The number of H-pyrrole nitrogens is 1. The number of nitrogens with zero attached hydrogens (tertiary/aromatic N) is 3. The highest BCUT2D eigenvalue weighted by Crippen LogP contribution is 2.22. The summed E-state index contributed by atoms with van der Waals surface area (Å²) >= 11 is 0. The van der Waals surface area contributed by atoms with Crippen LogP contribution in [0.5, 0.6) is 0 Å². The Hall–Kier alpha value is -2.63. The summed E-state index contributed by atoms with van der Waals surface area (Å²) in [5.74, 6) is -0.155. The third kappa shape index (κ3) is 2.58. The average molecular weight is 323 g/mol. The SMILES string of the molecule is Cn1nc(C(=O)NCc2n[nH]c3c2CCCCC3)c2ccccc21. The van der Waals surface area contributed by atoms with Crippen LogP contribution in [0.3, 0.4) is 0 Å². The van der Waals surface area contributed by atoms with E-state index >= 15 is 0 Å². The minimum absolute atomic E-state index is 0.155. The van der Waals surface area contributed by atoms with Gasteiger partial charge in [-0.25, -0.2) is 0 Å². The van der Waals surface area contributed by atoms with Gasteiger partial charge in [-0.1, -0.05) is 24.6 Å². The Labute approximate surface area is 140 Å². The third-order valence-electron chi connectivity index (χ3n) is 4.78. The number of hydrogen-bond acceptors (Lipinski definition) is 3. The van der Waals surface area contributed by atoms with Crippen LogP contribution < -0.4 is 5.32 Å². The van der Waals surface area contributed by atoms with Crippen LogP contribution in [-0.4, -0.2) is 25.9 Å². The summed E-state index contributed by atoms with van der Waals surface area (Å²) in [6.45, 7) is 0.440. The van der Waals surface area contributed by atoms with Gasteiger partial charge in [-0.15, -0.1) is 0 Å². The molecule has 1 amide bonds. The van der Waals surface area contributed by atoms with Crippen molar-refractivity contribution in [3.63, 3.8) is 0 Å². The molecule has 24 heavy (non-hydrogen) atoms. The van der Waals surface area contributed by atoms with Crippen LogP contribution in [0.1, 0.15) is 46.7 Å². The highest BCUT2D eigenvalue weighted by atomic mass is 16.1. The van der Waals surface area contributed by atoms with Crippen LogP contribution in [0.2, 0.25) is 0 Å². The van der Waals surface area contributed by atoms with Gasteiger partial charge in [0, 0.05) is 18.1 Å². The molecule has 0 radical (unpaired) electrons. The zero-order chi connectivity index (χ0) is 16.5. The summed E-state index contributed by atoms with van der Waals surface area (Å²) in [6.07, 6.45) is 5.76. The quantitative estimate of drug-likeness (QED) is 0.727. The van der Waals surface area contributed by atoms with Gasteiger partial charge in [-0.3, -0.25) is 14.6 Å². The standard InChI is InChI=1S/C18H21N5O/c1-23-16-10-6-5-8-13(16)17(22-23)18(24)19-11-15-12-7-3-2-4-9-14(12)20-21-15/h5-6,8,10H,2-4,7,9,11H2,1H3,(H,19,24)(H,20,21). The normalized spacial score (nSPS) is 14.4. The van der Waals surface area contributed by atoms with E-state index in [2.05, 4.69) is 20.6 Å². The van der Waals surface area contributed by atoms with E-state index < -0.39 is 0 Å². The van der Waals surface area contributed by atoms with E-state index in [0.29, 0.717) is 12.2 Å². The number of aromatic nitrogens is 4. The van der Waals surface area contributed by atoms with Gasteiger partial charge in [0.2, 0.25) is 0 Å². The molecule has 6 nitrogen and oxygen atoms in total. The van der Waals surface area contributed by atoms with Gasteiger partial charge in [-0.2, -0.15) is 10.2 Å². The van der Waals surface area contributed by atoms with E-state index in [-0.39, 0.29) is 5.91 Å². The number of para-hydroxylation sites is 1. The summed E-state index contributed by atoms with van der Waals surface area (Å²) in [4.78, 5) is 12.6. The first-order chi connectivity index (χ1) is 11.7. The number of carbonyl (C=O) groups is 1. The minimum atomic E-state index is -0.155. The molecule has 3 aromatic rings. The van der Waals surface area contributed by atoms with Gasteiger partial charge in [0.1, 0.15) is 0 Å². The van der Waals surface area contributed by atoms with Crippen molar-refractivity contribution in [1.29, 1.82) is 0 Å². The number of rotatable bonds is 3. The molecule has 0 saturated carbocycles. The van der Waals surface area contributed by atoms with Gasteiger partial charge in [-0.05, 0) is 37.3 Å². The largest absolute Gasteiger partial charge is 0.345 e. The van der Waals surface area contributed by atoms with Crippen molar-refractivity contribution in [2.45, 2.75) is 38.6 Å². The molecule has 0 aliphatic heterocycles. The molecule has 4 rings (SSSR count). The van der Waals surface area contributed by atoms with E-state index in [4.69, 9.17) is 0 Å². The predicted octanol–water partition coefficient (Wildman–Crippen LogP) is 2.50. The molecule has 1 aromatic carbocycles. The molecule has 0 bridgehead atoms. The molecule has 124 valence electrons. The molecule has 0 unspecified atom stereocenters. The third-order valence-corrected chi connectivity index (χ3v) is 4.78. The molecule has 0 atom stereocenters. The predicted molar refractivity (Wildman–Crippen MR) is 91.7 cm³/mol. The lowest BCUT2D eigenvalue weighted by Gasteiger charge is -2.04. The van der Waals surface area contributed by atoms with Crippen LogP contribution in [0.15, 0.2) is 24.3 Å². The van der Waals surface area contributed by atoms with Crippen molar-refractivity contribution in [3.8, 4) is 0 Å². The highest BCUT2D eigenvalue weighted by molar-refractivity contribution is 6.04. The molecule has 6 heteroatoms. The smallest absolute Gasteiger partial charge is 0.272 e. The van der Waals surface area contributed by atoms with E-state index in [9.17, 15) is 4.79 Å². The van der Waals surface area contributed by atoms with Crippen molar-refractivity contribution in [2.75, 3.05) is 0 Å². The summed E-state index contributed by atoms with van der Waals surface area (Å²) in [5, 5.41) is 15.8. The van der Waals surface area contributed by atoms with Crippen molar-refractivity contribution >= 4 is 16.8 Å². The van der Waals surface area contributed by atoms with E-state index in [1.54, 1.807) is 4.68 Å². The molecule has 0 spiro atoms. The number of benzene rings is 1. The summed E-state index contributed by atoms with van der Waals surface area (Å²) < 4.78 is 1.74. The van der Waals surface area contributed by atoms with E-state index in [0.717, 1.165) is 29.4 Å². The Morgan fingerprint density at radius 2 is 2.08 bits per heavy atom. The summed E-state index contributed by atoms with van der Waals surface area (Å²) in [5.41, 5.74) is 4.91. The lowest BCUT2D eigenvalue weighted by atomic mass is 10.1. The molecule has 1 aliphatic rings. The Morgan fingerprint density at radius 1 is 1.25 bits per heavy atom. The number of carbonyl (C=O) groups excluding carboxylic acids is 1. The van der Waals surface area contributed by atoms with E-state index in [1.165, 1.54) is 30.5 Å². The number of nitrogens with one attached hydrogen (secondary N) is 2. The average Bonchev–Trinajstić information content (AvgIpc) is 3.05. The fraction of sp³-hybridized carbons (Fsp3) is 0.389. The zero-order valence-electron chi connectivity index (χ0n) is 13.8. The monoisotopic (exact) mass is 323 g/mol. The maximum absolute atomic E-state index is 12.6. The first-order valence-electron chi connectivity index (χ1n) is 8.49. The first-order valence-corrected chi connectivity index (χ1v) is 8.49. The molecule has 0 saturated heterocycles. The topological polar surface area (TPSA) is 75.6 Å². The van der Waals surface area contributed by atoms with Crippen molar-refractivity contribution in [3.05, 3.63) is 46.9 Å². The van der Waals surface area contributed by atoms with Crippen LogP contribution in [0, 0.1) is 0 Å². The van der Waals surface area contributed by atoms with Crippen LogP contribution in [0.25, 0.3) is 10.9 Å². The fourth-order valence-electron chi connectivity index (χ4n) is 3.50. The summed E-state index contributed by atoms with van der Waals surface area (Å²) in [7, 11) is 1.85. The van der Waals surface area contributed by atoms with Crippen molar-refractivity contribution in [1.82, 2.24) is 25.3 Å². The number of aryl methyl sites for hydroxylation is 2. The second-order valence-corrected chi connectivity index (χ2v) is 6.36. The van der Waals surface area contributed by atoms with E-state index in [1.807, 2.05) is 31.3 Å². The first kappa shape index (κ1) is 14.9. The number of fused-ring (bicyclic) bond motifs is 2. The maximum Gasteiger partial charge on any atom is 0.272 e. The molecular weight excluding hydrogens is 302 g/mol. The number of hydrogen-bond donors (Lipinski definition) is 2. The Balaban J connectivity index is 1.54. The fourth-order valence-corrected chi connectivity index (χ4v) is 3.50. The summed E-state index contributed by atoms with van der Waals surface area (Å²) in [6, 6.07) is 7.77. The van der Waals surface area contributed by atoms with Gasteiger partial charge in [0.15, 0.2) is 5.69 Å². The van der Waals surface area contributed by atoms with Crippen LogP contribution >= 0.6 is 0 Å². The van der Waals surface area contributed by atoms with Crippen molar-refractivity contribution in [2.24, 2.45) is 7.05 Å². The molecule has 1 aliphatic carbocycles. The van der Waals surface area contributed by atoms with Gasteiger partial charge >= 0.3 is 0 Å². The molecule has 2 heterocycles. The van der Waals surface area contributed by atoms with Gasteiger partial charge in [0.05, 0.1) is 17.8 Å². The second kappa shape index (κ2) is 6.11.